The number of ether oxygens (including phenoxy) is 1. The third kappa shape index (κ3) is 2.84. The van der Waals surface area contributed by atoms with Crippen LogP contribution in [-0.2, 0) is 4.74 Å². The van der Waals surface area contributed by atoms with E-state index in [0.29, 0.717) is 12.0 Å². The van der Waals surface area contributed by atoms with E-state index in [1.165, 1.54) is 5.57 Å². The molecule has 88 valence electrons. The van der Waals surface area contributed by atoms with Gasteiger partial charge in [0.25, 0.3) is 0 Å². The highest BCUT2D eigenvalue weighted by Gasteiger charge is 2.39. The molecule has 0 spiro atoms. The van der Waals surface area contributed by atoms with E-state index < -0.39 is 0 Å². The fourth-order valence-corrected chi connectivity index (χ4v) is 2.21. The van der Waals surface area contributed by atoms with Crippen LogP contribution in [0.25, 0.3) is 0 Å². The summed E-state index contributed by atoms with van der Waals surface area (Å²) in [7, 11) is 0. The molecule has 15 heavy (non-hydrogen) atoms. The molecule has 1 atom stereocenters. The summed E-state index contributed by atoms with van der Waals surface area (Å²) in [5, 5.41) is 0. The molecule has 1 unspecified atom stereocenters. The molecule has 1 aliphatic rings. The molecule has 1 rings (SSSR count). The summed E-state index contributed by atoms with van der Waals surface area (Å²) in [5.74, 6) is 0.692. The molecule has 0 aliphatic carbocycles. The Kier molecular flexibility index (Phi) is 3.35. The van der Waals surface area contributed by atoms with Gasteiger partial charge in [0, 0.05) is 5.41 Å². The fraction of sp³-hybridized carbons (Fsp3) is 0.857. The fourth-order valence-electron chi connectivity index (χ4n) is 2.21. The number of hydrogen-bond donors (Lipinski definition) is 0. The molecule has 0 aromatic heterocycles. The smallest absolute Gasteiger partial charge is 0.0837 e. The van der Waals surface area contributed by atoms with E-state index in [9.17, 15) is 0 Å². The van der Waals surface area contributed by atoms with E-state index in [-0.39, 0.29) is 11.0 Å². The highest BCUT2D eigenvalue weighted by Crippen LogP contribution is 2.41. The minimum absolute atomic E-state index is 0.0882. The zero-order valence-electron chi connectivity index (χ0n) is 11.3. The molecule has 0 bridgehead atoms. The van der Waals surface area contributed by atoms with Gasteiger partial charge in [-0.25, -0.2) is 0 Å². The minimum Gasteiger partial charge on any atom is -0.367 e. The summed E-state index contributed by atoms with van der Waals surface area (Å²) in [4.78, 5) is 0. The molecule has 1 heterocycles. The molecule has 0 amide bonds. The Morgan fingerprint density at radius 1 is 1.27 bits per heavy atom. The van der Waals surface area contributed by atoms with Crippen LogP contribution in [0, 0.1) is 11.3 Å². The van der Waals surface area contributed by atoms with E-state index in [1.807, 2.05) is 0 Å². The van der Waals surface area contributed by atoms with Gasteiger partial charge in [0.1, 0.15) is 0 Å². The molecule has 0 aromatic rings. The van der Waals surface area contributed by atoms with Crippen LogP contribution >= 0.6 is 0 Å². The first kappa shape index (κ1) is 12.8. The molecule has 0 fully saturated rings. The molecule has 0 aromatic carbocycles. The van der Waals surface area contributed by atoms with Crippen LogP contribution in [0.5, 0.6) is 0 Å². The van der Waals surface area contributed by atoms with Gasteiger partial charge in [-0.2, -0.15) is 0 Å². The second kappa shape index (κ2) is 3.93. The van der Waals surface area contributed by atoms with Crippen LogP contribution in [0.4, 0.5) is 0 Å². The van der Waals surface area contributed by atoms with Gasteiger partial charge >= 0.3 is 0 Å². The number of rotatable bonds is 2. The lowest BCUT2D eigenvalue weighted by atomic mass is 9.76. The molecular weight excluding hydrogens is 184 g/mol. The van der Waals surface area contributed by atoms with Gasteiger partial charge < -0.3 is 4.74 Å². The highest BCUT2D eigenvalue weighted by molar-refractivity contribution is 5.20. The lowest BCUT2D eigenvalue weighted by molar-refractivity contribution is -0.109. The Balaban J connectivity index is 2.92. The second-order valence-corrected chi connectivity index (χ2v) is 6.40. The Bertz CT molecular complexity index is 259. The third-order valence-electron chi connectivity index (χ3n) is 3.49. The normalized spacial score (nSPS) is 29.1. The molecule has 0 radical (unpaired) electrons. The van der Waals surface area contributed by atoms with Gasteiger partial charge in [-0.15, -0.1) is 0 Å². The Hall–Kier alpha value is -0.300. The maximum Gasteiger partial charge on any atom is 0.0837 e. The van der Waals surface area contributed by atoms with Crippen molar-refractivity contribution in [3.05, 3.63) is 11.6 Å². The van der Waals surface area contributed by atoms with E-state index >= 15 is 0 Å². The van der Waals surface area contributed by atoms with Crippen molar-refractivity contribution >= 4 is 0 Å². The summed E-state index contributed by atoms with van der Waals surface area (Å²) in [6.45, 7) is 15.6. The van der Waals surface area contributed by atoms with Crippen LogP contribution in [0.3, 0.4) is 0 Å². The molecule has 0 saturated heterocycles. The van der Waals surface area contributed by atoms with Crippen LogP contribution in [0.1, 0.15) is 54.9 Å². The monoisotopic (exact) mass is 210 g/mol. The maximum atomic E-state index is 6.24. The minimum atomic E-state index is -0.0882. The van der Waals surface area contributed by atoms with Crippen molar-refractivity contribution in [1.82, 2.24) is 0 Å². The van der Waals surface area contributed by atoms with Crippen LogP contribution in [0.2, 0.25) is 0 Å². The van der Waals surface area contributed by atoms with E-state index in [1.54, 1.807) is 0 Å². The van der Waals surface area contributed by atoms with E-state index in [0.717, 1.165) is 6.42 Å². The van der Waals surface area contributed by atoms with Crippen molar-refractivity contribution in [2.75, 3.05) is 0 Å². The van der Waals surface area contributed by atoms with Crippen LogP contribution in [-0.4, -0.2) is 11.7 Å². The molecule has 0 N–H and O–H groups in total. The zero-order chi connectivity index (χ0) is 11.9. The van der Waals surface area contributed by atoms with Gasteiger partial charge in [-0.1, -0.05) is 33.8 Å². The van der Waals surface area contributed by atoms with Gasteiger partial charge in [-0.05, 0) is 38.7 Å². The van der Waals surface area contributed by atoms with E-state index in [2.05, 4.69) is 54.5 Å². The van der Waals surface area contributed by atoms with Crippen molar-refractivity contribution in [3.8, 4) is 0 Å². The molecule has 1 aliphatic heterocycles. The summed E-state index contributed by atoms with van der Waals surface area (Å²) >= 11 is 0. The first-order valence-corrected chi connectivity index (χ1v) is 6.03. The van der Waals surface area contributed by atoms with Crippen molar-refractivity contribution in [2.45, 2.75) is 66.6 Å². The van der Waals surface area contributed by atoms with Gasteiger partial charge in [0.2, 0.25) is 0 Å². The molecular formula is C14H26O. The molecule has 1 nitrogen and oxygen atoms in total. The number of hydrogen-bond acceptors (Lipinski definition) is 1. The lowest BCUT2D eigenvalue weighted by Gasteiger charge is -2.45. The SMILES string of the molecule is CC1=CC(C)(C)C(CC(C)C)OC1(C)C. The largest absolute Gasteiger partial charge is 0.367 e. The Labute approximate surface area is 94.9 Å². The summed E-state index contributed by atoms with van der Waals surface area (Å²) in [6, 6.07) is 0. The average Bonchev–Trinajstić information content (AvgIpc) is 1.98. The van der Waals surface area contributed by atoms with Crippen LogP contribution < -0.4 is 0 Å². The van der Waals surface area contributed by atoms with Crippen LogP contribution in [0.15, 0.2) is 11.6 Å². The summed E-state index contributed by atoms with van der Waals surface area (Å²) < 4.78 is 6.24. The zero-order valence-corrected chi connectivity index (χ0v) is 11.3. The third-order valence-corrected chi connectivity index (χ3v) is 3.49. The first-order chi connectivity index (χ1) is 6.65. The molecule has 1 heteroatoms. The maximum absolute atomic E-state index is 6.24. The van der Waals surface area contributed by atoms with Gasteiger partial charge in [0.05, 0.1) is 11.7 Å². The second-order valence-electron chi connectivity index (χ2n) is 6.40. The average molecular weight is 210 g/mol. The standard InChI is InChI=1S/C14H26O/c1-10(2)8-12-13(4,5)9-11(3)14(6,7)15-12/h9-10,12H,8H2,1-7H3. The Morgan fingerprint density at radius 2 is 1.80 bits per heavy atom. The Morgan fingerprint density at radius 3 is 2.27 bits per heavy atom. The first-order valence-electron chi connectivity index (χ1n) is 6.03. The van der Waals surface area contributed by atoms with Crippen molar-refractivity contribution in [2.24, 2.45) is 11.3 Å². The van der Waals surface area contributed by atoms with Crippen molar-refractivity contribution in [1.29, 1.82) is 0 Å². The highest BCUT2D eigenvalue weighted by atomic mass is 16.5. The summed E-state index contributed by atoms with van der Waals surface area (Å²) in [6.07, 6.45) is 3.88. The van der Waals surface area contributed by atoms with E-state index in [4.69, 9.17) is 4.74 Å². The van der Waals surface area contributed by atoms with Crippen molar-refractivity contribution < 1.29 is 4.74 Å². The van der Waals surface area contributed by atoms with Crippen molar-refractivity contribution in [3.63, 3.8) is 0 Å². The topological polar surface area (TPSA) is 9.23 Å². The van der Waals surface area contributed by atoms with Gasteiger partial charge in [0.15, 0.2) is 0 Å². The predicted molar refractivity (Wildman–Crippen MR) is 65.9 cm³/mol. The quantitative estimate of drug-likeness (QED) is 0.621. The van der Waals surface area contributed by atoms with Gasteiger partial charge in [-0.3, -0.25) is 0 Å². The lowest BCUT2D eigenvalue weighted by Crippen LogP contribution is -2.44. The molecule has 0 saturated carbocycles. The summed E-state index contributed by atoms with van der Waals surface area (Å²) in [5.41, 5.74) is 1.44. The predicted octanol–water partition coefficient (Wildman–Crippen LogP) is 4.18.